The molecular weight excluding hydrogens is 537 g/mol. The first-order valence-corrected chi connectivity index (χ1v) is 13.1. The van der Waals surface area contributed by atoms with Gasteiger partial charge in [-0.1, -0.05) is 48.5 Å². The minimum Gasteiger partial charge on any atom is -0.529 e. The zero-order valence-electron chi connectivity index (χ0n) is 25.0. The van der Waals surface area contributed by atoms with Gasteiger partial charge in [-0.25, -0.2) is 4.79 Å². The second kappa shape index (κ2) is 24.7. The van der Waals surface area contributed by atoms with Crippen molar-refractivity contribution >= 4 is 17.8 Å². The van der Waals surface area contributed by atoms with Crippen molar-refractivity contribution in [1.29, 1.82) is 0 Å². The van der Waals surface area contributed by atoms with Crippen LogP contribution in [0.15, 0.2) is 0 Å². The molecule has 0 saturated carbocycles. The number of ether oxygens (including phenoxy) is 1. The molecule has 2 amide bonds. The molecule has 0 aliphatic carbocycles. The summed E-state index contributed by atoms with van der Waals surface area (Å²) >= 11 is 0. The maximum Gasteiger partial charge on any atom is 0.329 e. The monoisotopic (exact) mass is 592 g/mol. The van der Waals surface area contributed by atoms with E-state index >= 15 is 0 Å². The van der Waals surface area contributed by atoms with Gasteiger partial charge in [0.15, 0.2) is 0 Å². The molecule has 2 atom stereocenters. The van der Waals surface area contributed by atoms with Gasteiger partial charge in [0.05, 0.1) is 6.04 Å². The number of rotatable bonds is 14. The molecule has 0 rings (SSSR count). The van der Waals surface area contributed by atoms with Gasteiger partial charge in [-0.2, -0.15) is 0 Å². The molecular formula is C26H55N4O5Y-. The summed E-state index contributed by atoms with van der Waals surface area (Å²) in [4.78, 5) is 41.2. The number of hydrogen-bond acceptors (Lipinski definition) is 6. The molecule has 0 bridgehead atoms. The molecule has 0 fully saturated rings. The van der Waals surface area contributed by atoms with Gasteiger partial charge in [-0.15, -0.1) is 5.54 Å². The number of hydroxylamine groups is 1. The summed E-state index contributed by atoms with van der Waals surface area (Å²) in [7, 11) is 0. The molecule has 0 aliphatic heterocycles. The standard InChI is InChI=1S/C22H43N4O5.2C2H6.Y/c1-16(27)24-14-10-8-13-18(20(29)31-22(5,6)7)25-19(28)17(23)12-9-11-15-30-26-21(2,3)4;2*1-2;/h17-18H,8-15,23H2,1-7H3,(H,24,27)(H,25,28);2*1-2H3;/q-1;;;. The maximum absolute atomic E-state index is 12.5. The van der Waals surface area contributed by atoms with E-state index in [1.54, 1.807) is 20.8 Å². The van der Waals surface area contributed by atoms with Crippen LogP contribution in [0, 0.1) is 0 Å². The van der Waals surface area contributed by atoms with E-state index in [-0.39, 0.29) is 50.1 Å². The minimum atomic E-state index is -0.774. The number of carbonyl (C=O) groups is 3. The third kappa shape index (κ3) is 29.6. The van der Waals surface area contributed by atoms with E-state index in [4.69, 9.17) is 15.3 Å². The quantitative estimate of drug-likeness (QED) is 0.151. The van der Waals surface area contributed by atoms with Crippen molar-refractivity contribution in [3.05, 3.63) is 5.48 Å². The molecule has 0 saturated heterocycles. The van der Waals surface area contributed by atoms with Crippen LogP contribution in [-0.2, 0) is 56.7 Å². The van der Waals surface area contributed by atoms with E-state index in [1.165, 1.54) is 6.92 Å². The molecule has 10 heteroatoms. The third-order valence-electron chi connectivity index (χ3n) is 3.98. The molecule has 0 spiro atoms. The second-order valence-corrected chi connectivity index (χ2v) is 9.77. The van der Waals surface area contributed by atoms with Crippen LogP contribution in [0.4, 0.5) is 0 Å². The Morgan fingerprint density at radius 3 is 1.89 bits per heavy atom. The van der Waals surface area contributed by atoms with Gasteiger partial charge in [0.2, 0.25) is 11.8 Å². The van der Waals surface area contributed by atoms with Crippen molar-refractivity contribution in [2.75, 3.05) is 13.2 Å². The molecule has 4 N–H and O–H groups in total. The average Bonchev–Trinajstić information content (AvgIpc) is 2.75. The van der Waals surface area contributed by atoms with Gasteiger partial charge in [0, 0.05) is 52.8 Å². The fraction of sp³-hybridized carbons (Fsp3) is 0.885. The van der Waals surface area contributed by atoms with Gasteiger partial charge in [0.25, 0.3) is 0 Å². The smallest absolute Gasteiger partial charge is 0.329 e. The SMILES string of the molecule is CC.CC.CC(=O)NCCCCC(NC(=O)C(N)CCCCO[N-]C(C)(C)C)C(=O)OC(C)(C)C.[Y]. The van der Waals surface area contributed by atoms with Gasteiger partial charge >= 0.3 is 5.97 Å². The fourth-order valence-corrected chi connectivity index (χ4v) is 2.54. The number of amides is 2. The van der Waals surface area contributed by atoms with Crippen molar-refractivity contribution in [2.24, 2.45) is 5.73 Å². The summed E-state index contributed by atoms with van der Waals surface area (Å²) in [6.07, 6.45) is 3.68. The van der Waals surface area contributed by atoms with E-state index in [1.807, 2.05) is 48.5 Å². The average molecular weight is 593 g/mol. The molecule has 1 radical (unpaired) electrons. The molecule has 0 aliphatic rings. The molecule has 2 unspecified atom stereocenters. The largest absolute Gasteiger partial charge is 0.529 e. The number of nitrogens with one attached hydrogen (secondary N) is 2. The molecule has 0 aromatic carbocycles. The van der Waals surface area contributed by atoms with Gasteiger partial charge in [-0.3, -0.25) is 9.59 Å². The zero-order valence-corrected chi connectivity index (χ0v) is 27.8. The van der Waals surface area contributed by atoms with E-state index < -0.39 is 23.7 Å². The van der Waals surface area contributed by atoms with E-state index in [2.05, 4.69) is 16.1 Å². The number of unbranched alkanes of at least 4 members (excludes halogenated alkanes) is 2. The number of nitrogens with two attached hydrogens (primary N) is 1. The Morgan fingerprint density at radius 2 is 1.42 bits per heavy atom. The molecule has 0 heterocycles. The van der Waals surface area contributed by atoms with Crippen molar-refractivity contribution in [3.63, 3.8) is 0 Å². The van der Waals surface area contributed by atoms with Crippen LogP contribution in [0.2, 0.25) is 0 Å². The van der Waals surface area contributed by atoms with Crippen LogP contribution < -0.4 is 16.4 Å². The van der Waals surface area contributed by atoms with Crippen LogP contribution in [0.3, 0.4) is 0 Å². The van der Waals surface area contributed by atoms with Crippen molar-refractivity contribution in [3.8, 4) is 0 Å². The summed E-state index contributed by atoms with van der Waals surface area (Å²) in [5.41, 5.74) is 9.18. The van der Waals surface area contributed by atoms with E-state index in [9.17, 15) is 14.4 Å². The Morgan fingerprint density at radius 1 is 0.889 bits per heavy atom. The van der Waals surface area contributed by atoms with Crippen LogP contribution >= 0.6 is 0 Å². The first-order valence-electron chi connectivity index (χ1n) is 13.1. The van der Waals surface area contributed by atoms with E-state index in [0.717, 1.165) is 6.42 Å². The molecule has 0 aromatic heterocycles. The van der Waals surface area contributed by atoms with Crippen molar-refractivity contribution in [2.45, 2.75) is 138 Å². The fourth-order valence-electron chi connectivity index (χ4n) is 2.54. The Bertz CT molecular complexity index is 564. The predicted octanol–water partition coefficient (Wildman–Crippen LogP) is 4.77. The Kier molecular flexibility index (Phi) is 29.2. The van der Waals surface area contributed by atoms with Crippen molar-refractivity contribution < 1.29 is 56.7 Å². The topological polar surface area (TPSA) is 134 Å². The predicted molar refractivity (Wildman–Crippen MR) is 144 cm³/mol. The summed E-state index contributed by atoms with van der Waals surface area (Å²) in [5, 5.41) is 5.45. The summed E-state index contributed by atoms with van der Waals surface area (Å²) in [6, 6.07) is -1.49. The Hall–Kier alpha value is -0.606. The van der Waals surface area contributed by atoms with Crippen LogP contribution in [0.1, 0.15) is 115 Å². The Labute approximate surface area is 246 Å². The third-order valence-corrected chi connectivity index (χ3v) is 3.98. The summed E-state index contributed by atoms with van der Waals surface area (Å²) < 4.78 is 5.44. The van der Waals surface area contributed by atoms with Gasteiger partial charge in [-0.05, 0) is 59.3 Å². The first-order chi connectivity index (χ1) is 16.2. The van der Waals surface area contributed by atoms with Crippen molar-refractivity contribution in [1.82, 2.24) is 10.6 Å². The second-order valence-electron chi connectivity index (χ2n) is 9.77. The van der Waals surface area contributed by atoms with Crippen LogP contribution in [0.25, 0.3) is 5.48 Å². The minimum absolute atomic E-state index is 0. The number of nitrogens with zero attached hydrogens (tertiary/aromatic N) is 1. The summed E-state index contributed by atoms with van der Waals surface area (Å²) in [5.74, 6) is -0.955. The van der Waals surface area contributed by atoms with Crippen LogP contribution in [-0.4, -0.2) is 54.2 Å². The Balaban J connectivity index is -0.000000969. The van der Waals surface area contributed by atoms with E-state index in [0.29, 0.717) is 45.3 Å². The number of hydrogen-bond donors (Lipinski definition) is 3. The first kappa shape index (κ1) is 42.5. The molecule has 0 aromatic rings. The number of esters is 1. The zero-order chi connectivity index (χ0) is 28.1. The van der Waals surface area contributed by atoms with Crippen LogP contribution in [0.5, 0.6) is 0 Å². The maximum atomic E-state index is 12.5. The van der Waals surface area contributed by atoms with Gasteiger partial charge < -0.3 is 31.4 Å². The normalized spacial score (nSPS) is 12.3. The van der Waals surface area contributed by atoms with Gasteiger partial charge in [0.1, 0.15) is 11.6 Å². The molecule has 36 heavy (non-hydrogen) atoms. The number of carbonyl (C=O) groups excluding carboxylic acids is 3. The summed E-state index contributed by atoms with van der Waals surface area (Å²) in [6.45, 7) is 21.6. The molecule has 9 nitrogen and oxygen atoms in total. The molecule has 213 valence electrons.